The molecule has 1 aliphatic heterocycles. The second-order valence-electron chi connectivity index (χ2n) is 3.97. The van der Waals surface area contributed by atoms with Crippen LogP contribution in [-0.4, -0.2) is 32.1 Å². The molecule has 0 bridgehead atoms. The average Bonchev–Trinajstić information content (AvgIpc) is 2.36. The van der Waals surface area contributed by atoms with E-state index in [0.717, 1.165) is 5.69 Å². The van der Waals surface area contributed by atoms with Gasteiger partial charge in [0.1, 0.15) is 18.2 Å². The molecule has 2 rings (SSSR count). The number of carbonyl (C=O) groups is 1. The summed E-state index contributed by atoms with van der Waals surface area (Å²) < 4.78 is 18.4. The van der Waals surface area contributed by atoms with Crippen LogP contribution in [0, 0.1) is 5.82 Å². The van der Waals surface area contributed by atoms with E-state index in [1.807, 2.05) is 4.90 Å². The van der Waals surface area contributed by atoms with Gasteiger partial charge in [0.15, 0.2) is 0 Å². The number of fused-ring (bicyclic) bond motifs is 1. The number of hydrogen-bond acceptors (Lipinski definition) is 3. The first-order valence-electron chi connectivity index (χ1n) is 5.75. The van der Waals surface area contributed by atoms with E-state index < -0.39 is 0 Å². The summed E-state index contributed by atoms with van der Waals surface area (Å²) in [6.45, 7) is 5.27. The van der Waals surface area contributed by atoms with Crippen LogP contribution in [0.3, 0.4) is 0 Å². The SMILES string of the molecule is C=CCNC(=O)CN1CCOc2cc(F)ccc21. The van der Waals surface area contributed by atoms with Gasteiger partial charge < -0.3 is 15.0 Å². The van der Waals surface area contributed by atoms with E-state index in [1.165, 1.54) is 12.1 Å². The van der Waals surface area contributed by atoms with Gasteiger partial charge in [-0.25, -0.2) is 4.39 Å². The maximum atomic E-state index is 13.1. The standard InChI is InChI=1S/C13H15FN2O2/c1-2-5-15-13(17)9-16-6-7-18-12-8-10(14)3-4-11(12)16/h2-4,8H,1,5-7,9H2,(H,15,17). The Morgan fingerprint density at radius 3 is 3.22 bits per heavy atom. The Morgan fingerprint density at radius 1 is 1.61 bits per heavy atom. The molecular weight excluding hydrogens is 235 g/mol. The predicted molar refractivity (Wildman–Crippen MR) is 67.3 cm³/mol. The number of ether oxygens (including phenoxy) is 1. The fourth-order valence-corrected chi connectivity index (χ4v) is 1.83. The van der Waals surface area contributed by atoms with Gasteiger partial charge in [0.25, 0.3) is 0 Å². The molecule has 0 fully saturated rings. The molecule has 1 N–H and O–H groups in total. The van der Waals surface area contributed by atoms with Gasteiger partial charge in [-0.1, -0.05) is 6.08 Å². The van der Waals surface area contributed by atoms with E-state index in [2.05, 4.69) is 11.9 Å². The number of carbonyl (C=O) groups excluding carboxylic acids is 1. The van der Waals surface area contributed by atoms with Gasteiger partial charge in [0.05, 0.1) is 18.8 Å². The molecule has 0 aromatic heterocycles. The van der Waals surface area contributed by atoms with Crippen molar-refractivity contribution in [2.24, 2.45) is 0 Å². The van der Waals surface area contributed by atoms with Gasteiger partial charge in [-0.3, -0.25) is 4.79 Å². The number of hydrogen-bond donors (Lipinski definition) is 1. The van der Waals surface area contributed by atoms with Crippen molar-refractivity contribution in [3.8, 4) is 5.75 Å². The molecule has 5 heteroatoms. The summed E-state index contributed by atoms with van der Waals surface area (Å²) in [5.41, 5.74) is 0.747. The smallest absolute Gasteiger partial charge is 0.239 e. The summed E-state index contributed by atoms with van der Waals surface area (Å²) in [5.74, 6) is 0.0524. The predicted octanol–water partition coefficient (Wildman–Crippen LogP) is 1.33. The lowest BCUT2D eigenvalue weighted by Gasteiger charge is -2.30. The molecule has 1 amide bonds. The van der Waals surface area contributed by atoms with E-state index in [9.17, 15) is 9.18 Å². The molecule has 1 aliphatic rings. The first-order chi connectivity index (χ1) is 8.70. The highest BCUT2D eigenvalue weighted by molar-refractivity contribution is 5.82. The van der Waals surface area contributed by atoms with Crippen LogP contribution in [0.2, 0.25) is 0 Å². The second-order valence-corrected chi connectivity index (χ2v) is 3.97. The third kappa shape index (κ3) is 2.80. The quantitative estimate of drug-likeness (QED) is 0.820. The second kappa shape index (κ2) is 5.53. The van der Waals surface area contributed by atoms with Crippen LogP contribution in [0.1, 0.15) is 0 Å². The van der Waals surface area contributed by atoms with Crippen LogP contribution in [0.5, 0.6) is 5.75 Å². The summed E-state index contributed by atoms with van der Waals surface area (Å²) >= 11 is 0. The monoisotopic (exact) mass is 250 g/mol. The Morgan fingerprint density at radius 2 is 2.44 bits per heavy atom. The Balaban J connectivity index is 2.08. The van der Waals surface area contributed by atoms with Crippen molar-refractivity contribution in [3.05, 3.63) is 36.7 Å². The number of benzene rings is 1. The van der Waals surface area contributed by atoms with Gasteiger partial charge in [0, 0.05) is 12.6 Å². The van der Waals surface area contributed by atoms with Crippen LogP contribution in [-0.2, 0) is 4.79 Å². The molecule has 0 radical (unpaired) electrons. The number of nitrogens with one attached hydrogen (secondary N) is 1. The van der Waals surface area contributed by atoms with Crippen LogP contribution in [0.15, 0.2) is 30.9 Å². The van der Waals surface area contributed by atoms with Gasteiger partial charge in [-0.2, -0.15) is 0 Å². The highest BCUT2D eigenvalue weighted by Gasteiger charge is 2.20. The molecule has 18 heavy (non-hydrogen) atoms. The normalized spacial score (nSPS) is 13.5. The molecule has 1 heterocycles. The first-order valence-corrected chi connectivity index (χ1v) is 5.75. The zero-order chi connectivity index (χ0) is 13.0. The molecule has 96 valence electrons. The summed E-state index contributed by atoms with van der Waals surface area (Å²) in [6.07, 6.45) is 1.63. The van der Waals surface area contributed by atoms with E-state index in [4.69, 9.17) is 4.74 Å². The molecule has 0 atom stereocenters. The van der Waals surface area contributed by atoms with Crippen molar-refractivity contribution in [2.75, 3.05) is 31.1 Å². The third-order valence-electron chi connectivity index (χ3n) is 2.66. The fraction of sp³-hybridized carbons (Fsp3) is 0.308. The lowest BCUT2D eigenvalue weighted by atomic mass is 10.2. The summed E-state index contributed by atoms with van der Waals surface area (Å²) in [6, 6.07) is 4.33. The van der Waals surface area contributed by atoms with E-state index in [0.29, 0.717) is 25.4 Å². The van der Waals surface area contributed by atoms with Crippen LogP contribution < -0.4 is 15.0 Å². The third-order valence-corrected chi connectivity index (χ3v) is 2.66. The van der Waals surface area contributed by atoms with Crippen molar-refractivity contribution in [3.63, 3.8) is 0 Å². The average molecular weight is 250 g/mol. The van der Waals surface area contributed by atoms with E-state index >= 15 is 0 Å². The number of halogens is 1. The summed E-state index contributed by atoms with van der Waals surface area (Å²) in [5, 5.41) is 2.71. The molecule has 0 saturated heterocycles. The van der Waals surface area contributed by atoms with Gasteiger partial charge >= 0.3 is 0 Å². The largest absolute Gasteiger partial charge is 0.489 e. The van der Waals surface area contributed by atoms with Crippen LogP contribution in [0.25, 0.3) is 0 Å². The number of rotatable bonds is 4. The highest BCUT2D eigenvalue weighted by Crippen LogP contribution is 2.31. The lowest BCUT2D eigenvalue weighted by Crippen LogP contribution is -2.41. The Kier molecular flexibility index (Phi) is 3.82. The Hall–Kier alpha value is -2.04. The van der Waals surface area contributed by atoms with E-state index in [1.54, 1.807) is 12.1 Å². The van der Waals surface area contributed by atoms with Crippen LogP contribution in [0.4, 0.5) is 10.1 Å². The maximum absolute atomic E-state index is 13.1. The molecule has 0 unspecified atom stereocenters. The number of amides is 1. The minimum atomic E-state index is -0.341. The molecule has 1 aromatic carbocycles. The topological polar surface area (TPSA) is 41.6 Å². The molecular formula is C13H15FN2O2. The fourth-order valence-electron chi connectivity index (χ4n) is 1.83. The molecule has 4 nitrogen and oxygen atoms in total. The van der Waals surface area contributed by atoms with Crippen molar-refractivity contribution < 1.29 is 13.9 Å². The summed E-state index contributed by atoms with van der Waals surface area (Å²) in [7, 11) is 0. The Bertz CT molecular complexity index is 462. The highest BCUT2D eigenvalue weighted by atomic mass is 19.1. The first kappa shape index (κ1) is 12.4. The lowest BCUT2D eigenvalue weighted by molar-refractivity contribution is -0.119. The minimum absolute atomic E-state index is 0.0907. The van der Waals surface area contributed by atoms with Gasteiger partial charge in [-0.15, -0.1) is 6.58 Å². The van der Waals surface area contributed by atoms with Gasteiger partial charge in [0.2, 0.25) is 5.91 Å². The van der Waals surface area contributed by atoms with Crippen molar-refractivity contribution in [1.29, 1.82) is 0 Å². The van der Waals surface area contributed by atoms with Crippen molar-refractivity contribution in [2.45, 2.75) is 0 Å². The zero-order valence-electron chi connectivity index (χ0n) is 9.99. The Labute approximate surface area is 105 Å². The number of nitrogens with zero attached hydrogens (tertiary/aromatic N) is 1. The van der Waals surface area contributed by atoms with E-state index in [-0.39, 0.29) is 18.3 Å². The number of anilines is 1. The van der Waals surface area contributed by atoms with Gasteiger partial charge in [-0.05, 0) is 12.1 Å². The maximum Gasteiger partial charge on any atom is 0.239 e. The molecule has 0 saturated carbocycles. The van der Waals surface area contributed by atoms with Crippen molar-refractivity contribution in [1.82, 2.24) is 5.32 Å². The minimum Gasteiger partial charge on any atom is -0.489 e. The molecule has 0 spiro atoms. The van der Waals surface area contributed by atoms with Crippen molar-refractivity contribution >= 4 is 11.6 Å². The molecule has 1 aromatic rings. The van der Waals surface area contributed by atoms with Crippen LogP contribution >= 0.6 is 0 Å². The zero-order valence-corrected chi connectivity index (χ0v) is 9.99. The summed E-state index contributed by atoms with van der Waals surface area (Å²) in [4.78, 5) is 13.5. The molecule has 0 aliphatic carbocycles.